The summed E-state index contributed by atoms with van der Waals surface area (Å²) in [5.41, 5.74) is 0.692. The van der Waals surface area contributed by atoms with Crippen LogP contribution in [-0.4, -0.2) is 37.7 Å². The lowest BCUT2D eigenvalue weighted by molar-refractivity contribution is -0.143. The van der Waals surface area contributed by atoms with Gasteiger partial charge in [-0.15, -0.1) is 11.3 Å². The standard InChI is InChI=1S/C15H17NO4S2/c1-16(10-12-8-9-13(21-12)22(2,19)20)14(15(17)18)11-6-4-3-5-7-11/h3-9,14H,10H2,1-2H3,(H,17,18). The minimum Gasteiger partial charge on any atom is -0.480 e. The second-order valence-electron chi connectivity index (χ2n) is 5.06. The molecule has 0 saturated carbocycles. The molecule has 0 aliphatic carbocycles. The van der Waals surface area contributed by atoms with Crippen molar-refractivity contribution in [2.75, 3.05) is 13.3 Å². The molecule has 118 valence electrons. The number of thiophene rings is 1. The number of aliphatic carboxylic acids is 1. The van der Waals surface area contributed by atoms with Crippen LogP contribution in [-0.2, 0) is 21.2 Å². The Balaban J connectivity index is 2.21. The molecule has 1 heterocycles. The zero-order chi connectivity index (χ0) is 16.3. The SMILES string of the molecule is CN(Cc1ccc(S(C)(=O)=O)s1)C(C(=O)O)c1ccccc1. The van der Waals surface area contributed by atoms with Crippen LogP contribution in [0.15, 0.2) is 46.7 Å². The number of sulfone groups is 1. The van der Waals surface area contributed by atoms with E-state index in [9.17, 15) is 18.3 Å². The van der Waals surface area contributed by atoms with Crippen LogP contribution in [0.5, 0.6) is 0 Å². The van der Waals surface area contributed by atoms with Crippen molar-refractivity contribution >= 4 is 27.1 Å². The maximum Gasteiger partial charge on any atom is 0.325 e. The van der Waals surface area contributed by atoms with Gasteiger partial charge in [0.2, 0.25) is 0 Å². The van der Waals surface area contributed by atoms with Crippen molar-refractivity contribution in [3.05, 3.63) is 52.9 Å². The average Bonchev–Trinajstić information content (AvgIpc) is 2.88. The predicted octanol–water partition coefficient (Wildman–Crippen LogP) is 2.41. The van der Waals surface area contributed by atoms with Crippen molar-refractivity contribution in [1.82, 2.24) is 4.90 Å². The summed E-state index contributed by atoms with van der Waals surface area (Å²) < 4.78 is 23.3. The van der Waals surface area contributed by atoms with E-state index < -0.39 is 21.8 Å². The molecule has 0 spiro atoms. The van der Waals surface area contributed by atoms with E-state index in [1.54, 1.807) is 48.3 Å². The van der Waals surface area contributed by atoms with E-state index in [0.717, 1.165) is 11.1 Å². The van der Waals surface area contributed by atoms with Crippen molar-refractivity contribution in [2.24, 2.45) is 0 Å². The number of hydrogen-bond acceptors (Lipinski definition) is 5. The summed E-state index contributed by atoms with van der Waals surface area (Å²) in [5.74, 6) is -0.936. The first-order valence-corrected chi connectivity index (χ1v) is 9.26. The largest absolute Gasteiger partial charge is 0.480 e. The fourth-order valence-corrected chi connectivity index (χ4v) is 4.24. The molecule has 1 N–H and O–H groups in total. The second kappa shape index (κ2) is 6.60. The third kappa shape index (κ3) is 3.94. The van der Waals surface area contributed by atoms with Crippen molar-refractivity contribution in [3.63, 3.8) is 0 Å². The number of nitrogens with zero attached hydrogens (tertiary/aromatic N) is 1. The zero-order valence-electron chi connectivity index (χ0n) is 12.3. The first-order valence-electron chi connectivity index (χ1n) is 6.56. The van der Waals surface area contributed by atoms with E-state index in [2.05, 4.69) is 0 Å². The van der Waals surface area contributed by atoms with Gasteiger partial charge in [0.25, 0.3) is 0 Å². The maximum absolute atomic E-state index is 11.6. The first-order chi connectivity index (χ1) is 10.3. The summed E-state index contributed by atoms with van der Waals surface area (Å²) >= 11 is 1.17. The van der Waals surface area contributed by atoms with Gasteiger partial charge in [0.15, 0.2) is 9.84 Å². The average molecular weight is 339 g/mol. The van der Waals surface area contributed by atoms with Gasteiger partial charge in [-0.25, -0.2) is 8.42 Å². The van der Waals surface area contributed by atoms with Gasteiger partial charge >= 0.3 is 5.97 Å². The Labute approximate surface area is 133 Å². The summed E-state index contributed by atoms with van der Waals surface area (Å²) in [7, 11) is -1.51. The van der Waals surface area contributed by atoms with Gasteiger partial charge in [0.1, 0.15) is 10.3 Å². The minimum atomic E-state index is -3.22. The molecule has 2 rings (SSSR count). The van der Waals surface area contributed by atoms with Crippen LogP contribution in [0, 0.1) is 0 Å². The minimum absolute atomic E-state index is 0.294. The van der Waals surface area contributed by atoms with Crippen LogP contribution < -0.4 is 0 Å². The lowest BCUT2D eigenvalue weighted by Crippen LogP contribution is -2.30. The van der Waals surface area contributed by atoms with Crippen LogP contribution in [0.3, 0.4) is 0 Å². The number of benzene rings is 1. The van der Waals surface area contributed by atoms with Crippen LogP contribution in [0.4, 0.5) is 0 Å². The summed E-state index contributed by atoms with van der Waals surface area (Å²) in [6, 6.07) is 11.5. The molecule has 0 saturated heterocycles. The predicted molar refractivity (Wildman–Crippen MR) is 85.7 cm³/mol. The molecule has 0 aliphatic heterocycles. The molecule has 22 heavy (non-hydrogen) atoms. The Morgan fingerprint density at radius 1 is 1.23 bits per heavy atom. The van der Waals surface area contributed by atoms with Crippen molar-refractivity contribution in [3.8, 4) is 0 Å². The van der Waals surface area contributed by atoms with Crippen LogP contribution in [0.25, 0.3) is 0 Å². The van der Waals surface area contributed by atoms with E-state index in [-0.39, 0.29) is 0 Å². The molecule has 1 aromatic heterocycles. The molecule has 5 nitrogen and oxygen atoms in total. The van der Waals surface area contributed by atoms with E-state index >= 15 is 0 Å². The smallest absolute Gasteiger partial charge is 0.325 e. The number of carboxylic acid groups (broad SMARTS) is 1. The number of carboxylic acids is 1. The van der Waals surface area contributed by atoms with Gasteiger partial charge in [0.05, 0.1) is 0 Å². The third-order valence-electron chi connectivity index (χ3n) is 3.20. The maximum atomic E-state index is 11.6. The Morgan fingerprint density at radius 2 is 1.86 bits per heavy atom. The molecule has 2 aromatic rings. The molecule has 7 heteroatoms. The normalized spacial score (nSPS) is 13.2. The zero-order valence-corrected chi connectivity index (χ0v) is 13.9. The van der Waals surface area contributed by atoms with Gasteiger partial charge in [-0.1, -0.05) is 30.3 Å². The van der Waals surface area contributed by atoms with Crippen molar-refractivity contribution < 1.29 is 18.3 Å². The fraction of sp³-hybridized carbons (Fsp3) is 0.267. The Bertz CT molecular complexity index is 753. The van der Waals surface area contributed by atoms with Gasteiger partial charge in [-0.2, -0.15) is 0 Å². The molecule has 0 bridgehead atoms. The number of carbonyl (C=O) groups is 1. The monoisotopic (exact) mass is 339 g/mol. The highest BCUT2D eigenvalue weighted by Crippen LogP contribution is 2.26. The molecular formula is C15H17NO4S2. The summed E-state index contributed by atoms with van der Waals surface area (Å²) in [6.07, 6.45) is 1.16. The Kier molecular flexibility index (Phi) is 5.00. The van der Waals surface area contributed by atoms with E-state index in [1.807, 2.05) is 6.07 Å². The van der Waals surface area contributed by atoms with Crippen LogP contribution in [0.1, 0.15) is 16.5 Å². The molecule has 0 radical (unpaired) electrons. The Hall–Kier alpha value is -1.70. The van der Waals surface area contributed by atoms with Gasteiger partial charge in [-0.05, 0) is 24.7 Å². The summed E-state index contributed by atoms with van der Waals surface area (Å²) in [5, 5.41) is 9.48. The molecule has 1 aromatic carbocycles. The van der Waals surface area contributed by atoms with Gasteiger partial charge in [-0.3, -0.25) is 9.69 Å². The number of likely N-dealkylation sites (N-methyl/N-ethyl adjacent to an activating group) is 1. The lowest BCUT2D eigenvalue weighted by atomic mass is 10.1. The molecule has 1 unspecified atom stereocenters. The van der Waals surface area contributed by atoms with Crippen LogP contribution >= 0.6 is 11.3 Å². The fourth-order valence-electron chi connectivity index (χ4n) is 2.20. The van der Waals surface area contributed by atoms with Gasteiger partial charge < -0.3 is 5.11 Å². The molecule has 0 aliphatic rings. The summed E-state index contributed by atoms with van der Waals surface area (Å²) in [4.78, 5) is 14.1. The van der Waals surface area contributed by atoms with E-state index in [4.69, 9.17) is 0 Å². The highest BCUT2D eigenvalue weighted by atomic mass is 32.2. The number of rotatable bonds is 6. The second-order valence-corrected chi connectivity index (χ2v) is 8.47. The molecular weight excluding hydrogens is 322 g/mol. The molecule has 1 atom stereocenters. The molecule has 0 amide bonds. The van der Waals surface area contributed by atoms with Crippen LogP contribution in [0.2, 0.25) is 0 Å². The summed E-state index contributed by atoms with van der Waals surface area (Å²) in [6.45, 7) is 0.367. The van der Waals surface area contributed by atoms with Crippen molar-refractivity contribution in [2.45, 2.75) is 16.8 Å². The molecule has 0 fully saturated rings. The van der Waals surface area contributed by atoms with Crippen molar-refractivity contribution in [1.29, 1.82) is 0 Å². The van der Waals surface area contributed by atoms with E-state index in [1.165, 1.54) is 11.3 Å². The first kappa shape index (κ1) is 16.7. The topological polar surface area (TPSA) is 74.7 Å². The quantitative estimate of drug-likeness (QED) is 0.875. The number of hydrogen-bond donors (Lipinski definition) is 1. The third-order valence-corrected chi connectivity index (χ3v) is 6.09. The van der Waals surface area contributed by atoms with E-state index in [0.29, 0.717) is 16.3 Å². The highest BCUT2D eigenvalue weighted by molar-refractivity contribution is 7.92. The Morgan fingerprint density at radius 3 is 2.36 bits per heavy atom. The lowest BCUT2D eigenvalue weighted by Gasteiger charge is -2.24. The highest BCUT2D eigenvalue weighted by Gasteiger charge is 2.25. The van der Waals surface area contributed by atoms with Gasteiger partial charge in [0, 0.05) is 17.7 Å².